The average molecular weight is 243 g/mol. The number of rotatable bonds is 7. The highest BCUT2D eigenvalue weighted by Gasteiger charge is 2.03. The molecule has 0 spiro atoms. The summed E-state index contributed by atoms with van der Waals surface area (Å²) < 4.78 is 25.8. The highest BCUT2D eigenvalue weighted by molar-refractivity contribution is 5.66. The summed E-state index contributed by atoms with van der Waals surface area (Å²) in [4.78, 5) is 10.2. The maximum atomic E-state index is 13.2. The van der Waals surface area contributed by atoms with Crippen molar-refractivity contribution in [1.29, 1.82) is 0 Å². The van der Waals surface area contributed by atoms with E-state index in [1.807, 2.05) is 0 Å². The number of benzene rings is 1. The van der Waals surface area contributed by atoms with Crippen LogP contribution in [0.2, 0.25) is 0 Å². The second-order valence-corrected chi connectivity index (χ2v) is 3.76. The molecule has 2 N–H and O–H groups in total. The molecule has 0 amide bonds. The summed E-state index contributed by atoms with van der Waals surface area (Å²) in [6, 6.07) is 3.46. The van der Waals surface area contributed by atoms with E-state index >= 15 is 0 Å². The van der Waals surface area contributed by atoms with E-state index in [1.165, 1.54) is 12.1 Å². The van der Waals surface area contributed by atoms with Crippen LogP contribution in [0.4, 0.5) is 8.78 Å². The molecule has 0 unspecified atom stereocenters. The Bertz CT molecular complexity index is 383. The van der Waals surface area contributed by atoms with Gasteiger partial charge in [-0.1, -0.05) is 6.07 Å². The second-order valence-electron chi connectivity index (χ2n) is 3.76. The molecular weight excluding hydrogens is 228 g/mol. The Balaban J connectivity index is 2.20. The van der Waals surface area contributed by atoms with Crippen molar-refractivity contribution in [3.05, 3.63) is 35.4 Å². The highest BCUT2D eigenvalue weighted by atomic mass is 19.1. The fourth-order valence-electron chi connectivity index (χ4n) is 1.41. The Labute approximate surface area is 98.5 Å². The lowest BCUT2D eigenvalue weighted by Gasteiger charge is -2.05. The van der Waals surface area contributed by atoms with E-state index in [0.29, 0.717) is 25.1 Å². The minimum atomic E-state index is -0.811. The number of aliphatic carboxylic acids is 1. The Hall–Kier alpha value is -1.49. The molecule has 1 aromatic rings. The Morgan fingerprint density at radius 2 is 2.06 bits per heavy atom. The van der Waals surface area contributed by atoms with Crippen molar-refractivity contribution in [2.75, 3.05) is 6.54 Å². The number of halogens is 2. The first kappa shape index (κ1) is 13.6. The normalized spacial score (nSPS) is 10.5. The van der Waals surface area contributed by atoms with Crippen molar-refractivity contribution < 1.29 is 18.7 Å². The molecule has 0 bridgehead atoms. The number of nitrogens with one attached hydrogen (secondary N) is 1. The fourth-order valence-corrected chi connectivity index (χ4v) is 1.41. The van der Waals surface area contributed by atoms with Crippen molar-refractivity contribution in [3.63, 3.8) is 0 Å². The summed E-state index contributed by atoms with van der Waals surface area (Å²) in [6.07, 6.45) is 1.45. The SMILES string of the molecule is O=C(O)CCCCNCc1ccc(F)cc1F. The summed E-state index contributed by atoms with van der Waals surface area (Å²) in [5.41, 5.74) is 0.407. The van der Waals surface area contributed by atoms with E-state index in [4.69, 9.17) is 5.11 Å². The third-order valence-corrected chi connectivity index (χ3v) is 2.32. The van der Waals surface area contributed by atoms with Crippen molar-refractivity contribution in [3.8, 4) is 0 Å². The van der Waals surface area contributed by atoms with Crippen molar-refractivity contribution in [2.45, 2.75) is 25.8 Å². The first-order valence-corrected chi connectivity index (χ1v) is 5.46. The smallest absolute Gasteiger partial charge is 0.303 e. The van der Waals surface area contributed by atoms with Gasteiger partial charge in [-0.25, -0.2) is 8.78 Å². The molecule has 0 aliphatic heterocycles. The van der Waals surface area contributed by atoms with Crippen LogP contribution in [0.3, 0.4) is 0 Å². The lowest BCUT2D eigenvalue weighted by Crippen LogP contribution is -2.16. The van der Waals surface area contributed by atoms with Crippen LogP contribution in [0.25, 0.3) is 0 Å². The van der Waals surface area contributed by atoms with Crippen molar-refractivity contribution in [2.24, 2.45) is 0 Å². The predicted octanol–water partition coefficient (Wildman–Crippen LogP) is 2.31. The van der Waals surface area contributed by atoms with E-state index in [9.17, 15) is 13.6 Å². The van der Waals surface area contributed by atoms with Gasteiger partial charge in [-0.15, -0.1) is 0 Å². The summed E-state index contributed by atoms with van der Waals surface area (Å²) in [5, 5.41) is 11.4. The van der Waals surface area contributed by atoms with Gasteiger partial charge in [0.1, 0.15) is 11.6 Å². The van der Waals surface area contributed by atoms with Gasteiger partial charge in [0.2, 0.25) is 0 Å². The zero-order valence-electron chi connectivity index (χ0n) is 9.38. The number of carboxylic acid groups (broad SMARTS) is 1. The van der Waals surface area contributed by atoms with Gasteiger partial charge in [0.05, 0.1) is 0 Å². The fraction of sp³-hybridized carbons (Fsp3) is 0.417. The largest absolute Gasteiger partial charge is 0.481 e. The van der Waals surface area contributed by atoms with Gasteiger partial charge in [-0.05, 0) is 25.5 Å². The Kier molecular flexibility index (Phi) is 5.56. The quantitative estimate of drug-likeness (QED) is 0.722. The van der Waals surface area contributed by atoms with E-state index in [2.05, 4.69) is 5.32 Å². The highest BCUT2D eigenvalue weighted by Crippen LogP contribution is 2.09. The van der Waals surface area contributed by atoms with Crippen molar-refractivity contribution >= 4 is 5.97 Å². The molecule has 0 fully saturated rings. The summed E-state index contributed by atoms with van der Waals surface area (Å²) in [7, 11) is 0. The number of carboxylic acids is 1. The van der Waals surface area contributed by atoms with Crippen LogP contribution in [0.1, 0.15) is 24.8 Å². The van der Waals surface area contributed by atoms with Crippen LogP contribution in [0, 0.1) is 11.6 Å². The van der Waals surface area contributed by atoms with Crippen LogP contribution >= 0.6 is 0 Å². The maximum Gasteiger partial charge on any atom is 0.303 e. The van der Waals surface area contributed by atoms with E-state index in [-0.39, 0.29) is 6.42 Å². The van der Waals surface area contributed by atoms with Gasteiger partial charge >= 0.3 is 5.97 Å². The van der Waals surface area contributed by atoms with Crippen LogP contribution in [-0.4, -0.2) is 17.6 Å². The van der Waals surface area contributed by atoms with E-state index in [1.54, 1.807) is 0 Å². The molecule has 0 aliphatic rings. The van der Waals surface area contributed by atoms with Gasteiger partial charge in [0.15, 0.2) is 0 Å². The standard InChI is InChI=1S/C12H15F2NO2/c13-10-5-4-9(11(14)7-10)8-15-6-2-1-3-12(16)17/h4-5,7,15H,1-3,6,8H2,(H,16,17). The van der Waals surface area contributed by atoms with Crippen molar-refractivity contribution in [1.82, 2.24) is 5.32 Å². The van der Waals surface area contributed by atoms with Gasteiger partial charge in [-0.3, -0.25) is 4.79 Å². The monoisotopic (exact) mass is 243 g/mol. The third kappa shape index (κ3) is 5.40. The predicted molar refractivity (Wildman–Crippen MR) is 59.6 cm³/mol. The summed E-state index contributed by atoms with van der Waals surface area (Å²) >= 11 is 0. The van der Waals surface area contributed by atoms with Crippen LogP contribution in [0.5, 0.6) is 0 Å². The molecule has 0 aliphatic carbocycles. The molecule has 0 atom stereocenters. The Morgan fingerprint density at radius 1 is 1.29 bits per heavy atom. The molecule has 3 nitrogen and oxygen atoms in total. The molecule has 1 rings (SSSR count). The number of unbranched alkanes of at least 4 members (excludes halogenated alkanes) is 1. The Morgan fingerprint density at radius 3 is 2.71 bits per heavy atom. The average Bonchev–Trinajstić information content (AvgIpc) is 2.25. The minimum absolute atomic E-state index is 0.145. The van der Waals surface area contributed by atoms with Gasteiger partial charge < -0.3 is 10.4 Å². The lowest BCUT2D eigenvalue weighted by molar-refractivity contribution is -0.137. The molecule has 0 saturated carbocycles. The van der Waals surface area contributed by atoms with Crippen LogP contribution in [0.15, 0.2) is 18.2 Å². The minimum Gasteiger partial charge on any atom is -0.481 e. The summed E-state index contributed by atoms with van der Waals surface area (Å²) in [6.45, 7) is 0.934. The van der Waals surface area contributed by atoms with Crippen LogP contribution < -0.4 is 5.32 Å². The number of carbonyl (C=O) groups is 1. The van der Waals surface area contributed by atoms with Gasteiger partial charge in [0.25, 0.3) is 0 Å². The first-order valence-electron chi connectivity index (χ1n) is 5.46. The molecule has 0 heterocycles. The molecule has 5 heteroatoms. The topological polar surface area (TPSA) is 49.3 Å². The van der Waals surface area contributed by atoms with Crippen LogP contribution in [-0.2, 0) is 11.3 Å². The van der Waals surface area contributed by atoms with Gasteiger partial charge in [0, 0.05) is 24.6 Å². The molecule has 17 heavy (non-hydrogen) atoms. The van der Waals surface area contributed by atoms with E-state index < -0.39 is 17.6 Å². The third-order valence-electron chi connectivity index (χ3n) is 2.32. The number of hydrogen-bond donors (Lipinski definition) is 2. The zero-order chi connectivity index (χ0) is 12.7. The first-order chi connectivity index (χ1) is 8.09. The summed E-state index contributed by atoms with van der Waals surface area (Å²) in [5.74, 6) is -1.97. The molecule has 0 radical (unpaired) electrons. The maximum absolute atomic E-state index is 13.2. The molecule has 94 valence electrons. The number of hydrogen-bond acceptors (Lipinski definition) is 2. The van der Waals surface area contributed by atoms with Gasteiger partial charge in [-0.2, -0.15) is 0 Å². The zero-order valence-corrected chi connectivity index (χ0v) is 9.38. The molecular formula is C12H15F2NO2. The molecule has 1 aromatic carbocycles. The molecule has 0 aromatic heterocycles. The molecule has 0 saturated heterocycles. The van der Waals surface area contributed by atoms with E-state index in [0.717, 1.165) is 12.5 Å². The second kappa shape index (κ2) is 6.96. The lowest BCUT2D eigenvalue weighted by atomic mass is 10.2.